The molecule has 0 unspecified atom stereocenters. The zero-order chi connectivity index (χ0) is 15.1. The summed E-state index contributed by atoms with van der Waals surface area (Å²) >= 11 is 3.41. The molecule has 0 atom stereocenters. The van der Waals surface area contributed by atoms with Crippen LogP contribution in [0, 0.1) is 6.92 Å². The lowest BCUT2D eigenvalue weighted by molar-refractivity contribution is -0.143. The van der Waals surface area contributed by atoms with E-state index in [0.29, 0.717) is 18.8 Å². The summed E-state index contributed by atoms with van der Waals surface area (Å²) in [7, 11) is 0. The van der Waals surface area contributed by atoms with Crippen LogP contribution >= 0.6 is 15.9 Å². The lowest BCUT2D eigenvalue weighted by atomic mass is 10.2. The first-order chi connectivity index (χ1) is 9.49. The third-order valence-corrected chi connectivity index (χ3v) is 3.75. The van der Waals surface area contributed by atoms with Gasteiger partial charge in [0.25, 0.3) is 0 Å². The van der Waals surface area contributed by atoms with Crippen molar-refractivity contribution in [2.75, 3.05) is 18.4 Å². The molecule has 1 aromatic rings. The molecule has 0 bridgehead atoms. The number of aryl methyl sites for hydroxylation is 1. The molecule has 0 aromatic heterocycles. The van der Waals surface area contributed by atoms with Crippen LogP contribution in [0.15, 0.2) is 22.7 Å². The fourth-order valence-corrected chi connectivity index (χ4v) is 2.23. The first-order valence-electron chi connectivity index (χ1n) is 6.86. The van der Waals surface area contributed by atoms with Crippen molar-refractivity contribution < 1.29 is 9.59 Å². The van der Waals surface area contributed by atoms with Crippen molar-refractivity contribution in [3.05, 3.63) is 28.2 Å². The zero-order valence-corrected chi connectivity index (χ0v) is 13.8. The molecular formula is C15H21BrN2O2. The smallest absolute Gasteiger partial charge is 0.313 e. The molecule has 1 aromatic carbocycles. The first-order valence-corrected chi connectivity index (χ1v) is 7.65. The molecule has 0 spiro atoms. The number of halogens is 1. The summed E-state index contributed by atoms with van der Waals surface area (Å²) in [6.45, 7) is 7.16. The molecule has 5 heteroatoms. The van der Waals surface area contributed by atoms with Crippen molar-refractivity contribution in [1.82, 2.24) is 4.90 Å². The van der Waals surface area contributed by atoms with Gasteiger partial charge in [0.2, 0.25) is 0 Å². The van der Waals surface area contributed by atoms with E-state index < -0.39 is 11.8 Å². The van der Waals surface area contributed by atoms with Gasteiger partial charge in [-0.25, -0.2) is 0 Å². The Morgan fingerprint density at radius 2 is 1.80 bits per heavy atom. The highest BCUT2D eigenvalue weighted by molar-refractivity contribution is 9.10. The van der Waals surface area contributed by atoms with E-state index in [2.05, 4.69) is 21.2 Å². The van der Waals surface area contributed by atoms with Gasteiger partial charge in [-0.2, -0.15) is 0 Å². The maximum Gasteiger partial charge on any atom is 0.313 e. The minimum atomic E-state index is -0.581. The average Bonchev–Trinajstić information content (AvgIpc) is 2.42. The number of carbonyl (C=O) groups is 2. The van der Waals surface area contributed by atoms with E-state index in [1.54, 1.807) is 17.0 Å². The van der Waals surface area contributed by atoms with Crippen LogP contribution in [-0.4, -0.2) is 29.8 Å². The first kappa shape index (κ1) is 16.7. The molecule has 4 nitrogen and oxygen atoms in total. The minimum Gasteiger partial charge on any atom is -0.334 e. The number of amides is 2. The average molecular weight is 341 g/mol. The molecule has 0 saturated heterocycles. The lowest BCUT2D eigenvalue weighted by Gasteiger charge is -2.20. The standard InChI is InChI=1S/C15H21BrN2O2/c1-4-8-18(9-5-2)15(20)14(19)17-12-7-6-11(3)13(16)10-12/h6-7,10H,4-5,8-9H2,1-3H3,(H,17,19). The quantitative estimate of drug-likeness (QED) is 0.835. The van der Waals surface area contributed by atoms with E-state index in [9.17, 15) is 9.59 Å². The molecular weight excluding hydrogens is 320 g/mol. The highest BCUT2D eigenvalue weighted by Crippen LogP contribution is 2.20. The van der Waals surface area contributed by atoms with E-state index in [0.717, 1.165) is 22.9 Å². The number of nitrogens with zero attached hydrogens (tertiary/aromatic N) is 1. The van der Waals surface area contributed by atoms with Crippen molar-refractivity contribution >= 4 is 33.4 Å². The minimum absolute atomic E-state index is 0.467. The summed E-state index contributed by atoms with van der Waals surface area (Å²) in [6, 6.07) is 5.47. The van der Waals surface area contributed by atoms with Gasteiger partial charge in [-0.05, 0) is 37.5 Å². The Bertz CT molecular complexity index is 483. The number of rotatable bonds is 5. The molecule has 2 amide bonds. The Balaban J connectivity index is 2.73. The van der Waals surface area contributed by atoms with Crippen molar-refractivity contribution in [3.63, 3.8) is 0 Å². The van der Waals surface area contributed by atoms with Gasteiger partial charge in [0, 0.05) is 23.2 Å². The molecule has 110 valence electrons. The van der Waals surface area contributed by atoms with Crippen molar-refractivity contribution in [1.29, 1.82) is 0 Å². The molecule has 0 aliphatic carbocycles. The van der Waals surface area contributed by atoms with Crippen LogP contribution in [0.3, 0.4) is 0 Å². The Morgan fingerprint density at radius 3 is 2.30 bits per heavy atom. The predicted molar refractivity (Wildman–Crippen MR) is 84.7 cm³/mol. The molecule has 1 N–H and O–H groups in total. The van der Waals surface area contributed by atoms with Crippen LogP contribution < -0.4 is 5.32 Å². The van der Waals surface area contributed by atoms with Crippen LogP contribution in [0.5, 0.6) is 0 Å². The summed E-state index contributed by atoms with van der Waals surface area (Å²) in [5.41, 5.74) is 1.70. The molecule has 0 aliphatic rings. The van der Waals surface area contributed by atoms with Crippen LogP contribution in [0.4, 0.5) is 5.69 Å². The van der Waals surface area contributed by atoms with Gasteiger partial charge < -0.3 is 10.2 Å². The maximum absolute atomic E-state index is 12.1. The van der Waals surface area contributed by atoms with Gasteiger partial charge in [0.15, 0.2) is 0 Å². The Hall–Kier alpha value is -1.36. The Morgan fingerprint density at radius 1 is 1.20 bits per heavy atom. The van der Waals surface area contributed by atoms with Gasteiger partial charge in [-0.1, -0.05) is 35.8 Å². The molecule has 0 radical (unpaired) electrons. The highest BCUT2D eigenvalue weighted by Gasteiger charge is 2.20. The summed E-state index contributed by atoms with van der Waals surface area (Å²) in [5.74, 6) is -1.05. The SMILES string of the molecule is CCCN(CCC)C(=O)C(=O)Nc1ccc(C)c(Br)c1. The van der Waals surface area contributed by atoms with Crippen LogP contribution in [0.1, 0.15) is 32.3 Å². The topological polar surface area (TPSA) is 49.4 Å². The van der Waals surface area contributed by atoms with E-state index >= 15 is 0 Å². The van der Waals surface area contributed by atoms with Crippen molar-refractivity contribution in [3.8, 4) is 0 Å². The molecule has 0 saturated carbocycles. The van der Waals surface area contributed by atoms with Gasteiger partial charge in [0.05, 0.1) is 0 Å². The predicted octanol–water partition coefficient (Wildman–Crippen LogP) is 3.34. The summed E-state index contributed by atoms with van der Waals surface area (Å²) in [5, 5.41) is 2.65. The second-order valence-corrected chi connectivity index (χ2v) is 5.56. The van der Waals surface area contributed by atoms with E-state index in [1.165, 1.54) is 0 Å². The zero-order valence-electron chi connectivity index (χ0n) is 12.2. The largest absolute Gasteiger partial charge is 0.334 e. The monoisotopic (exact) mass is 340 g/mol. The van der Waals surface area contributed by atoms with Crippen LogP contribution in [0.2, 0.25) is 0 Å². The molecule has 0 heterocycles. The number of carbonyl (C=O) groups excluding carboxylic acids is 2. The summed E-state index contributed by atoms with van der Waals surface area (Å²) in [6.07, 6.45) is 1.68. The fourth-order valence-electron chi connectivity index (χ4n) is 1.85. The van der Waals surface area contributed by atoms with E-state index in [4.69, 9.17) is 0 Å². The lowest BCUT2D eigenvalue weighted by Crippen LogP contribution is -2.40. The second kappa shape index (κ2) is 8.04. The third-order valence-electron chi connectivity index (χ3n) is 2.90. The normalized spacial score (nSPS) is 10.2. The van der Waals surface area contributed by atoms with Crippen molar-refractivity contribution in [2.24, 2.45) is 0 Å². The molecule has 20 heavy (non-hydrogen) atoms. The third kappa shape index (κ3) is 4.63. The second-order valence-electron chi connectivity index (χ2n) is 4.71. The van der Waals surface area contributed by atoms with Gasteiger partial charge >= 0.3 is 11.8 Å². The highest BCUT2D eigenvalue weighted by atomic mass is 79.9. The van der Waals surface area contributed by atoms with E-state index in [1.807, 2.05) is 26.8 Å². The summed E-state index contributed by atoms with van der Waals surface area (Å²) in [4.78, 5) is 25.7. The maximum atomic E-state index is 12.1. The number of nitrogens with one attached hydrogen (secondary N) is 1. The van der Waals surface area contributed by atoms with Crippen LogP contribution in [-0.2, 0) is 9.59 Å². The van der Waals surface area contributed by atoms with Gasteiger partial charge in [0.1, 0.15) is 0 Å². The van der Waals surface area contributed by atoms with Gasteiger partial charge in [-0.15, -0.1) is 0 Å². The number of benzene rings is 1. The Labute approximate surface area is 128 Å². The van der Waals surface area contributed by atoms with Crippen LogP contribution in [0.25, 0.3) is 0 Å². The molecule has 0 aliphatic heterocycles. The van der Waals surface area contributed by atoms with Crippen molar-refractivity contribution in [2.45, 2.75) is 33.6 Å². The summed E-state index contributed by atoms with van der Waals surface area (Å²) < 4.78 is 0.904. The number of anilines is 1. The van der Waals surface area contributed by atoms with E-state index in [-0.39, 0.29) is 0 Å². The molecule has 1 rings (SSSR count). The molecule has 0 fully saturated rings. The Kier molecular flexibility index (Phi) is 6.71. The van der Waals surface area contributed by atoms with Gasteiger partial charge in [-0.3, -0.25) is 9.59 Å². The number of hydrogen-bond acceptors (Lipinski definition) is 2. The number of hydrogen-bond donors (Lipinski definition) is 1. The fraction of sp³-hybridized carbons (Fsp3) is 0.467.